The Balaban J connectivity index is 2.20. The predicted octanol–water partition coefficient (Wildman–Crippen LogP) is 2.29. The molecule has 1 saturated heterocycles. The number of hydrogen-bond acceptors (Lipinski definition) is 7. The van der Waals surface area contributed by atoms with Crippen molar-refractivity contribution in [2.45, 2.75) is 25.2 Å². The molecule has 0 unspecified atom stereocenters. The molecule has 0 spiro atoms. The second-order valence-electron chi connectivity index (χ2n) is 8.05. The quantitative estimate of drug-likeness (QED) is 0.450. The molecule has 36 heavy (non-hydrogen) atoms. The topological polar surface area (TPSA) is 125 Å². The highest BCUT2D eigenvalue weighted by molar-refractivity contribution is 7.88. The Kier molecular flexibility index (Phi) is 7.72. The maximum atomic E-state index is 13.4. The Morgan fingerprint density at radius 1 is 1.17 bits per heavy atom. The Morgan fingerprint density at radius 2 is 1.81 bits per heavy atom. The smallest absolute Gasteiger partial charge is 0.354 e. The summed E-state index contributed by atoms with van der Waals surface area (Å²) in [5.74, 6) is -2.86. The summed E-state index contributed by atoms with van der Waals surface area (Å²) in [6.07, 6.45) is -2.84. The van der Waals surface area contributed by atoms with Crippen LogP contribution in [-0.4, -0.2) is 76.8 Å². The van der Waals surface area contributed by atoms with Gasteiger partial charge < -0.3 is 10.2 Å². The van der Waals surface area contributed by atoms with Crippen molar-refractivity contribution in [1.29, 1.82) is 0 Å². The maximum Gasteiger partial charge on any atom is 0.451 e. The van der Waals surface area contributed by atoms with Gasteiger partial charge in [0.05, 0.1) is 23.7 Å². The lowest BCUT2D eigenvalue weighted by atomic mass is 10.0. The number of carbonyl (C=O) groups is 2. The first-order valence-corrected chi connectivity index (χ1v) is 12.6. The Bertz CT molecular complexity index is 1320. The van der Waals surface area contributed by atoms with E-state index in [1.54, 1.807) is 6.92 Å². The van der Waals surface area contributed by atoms with E-state index in [0.29, 0.717) is 0 Å². The van der Waals surface area contributed by atoms with Crippen LogP contribution in [0.5, 0.6) is 0 Å². The Morgan fingerprint density at radius 3 is 2.36 bits per heavy atom. The zero-order chi connectivity index (χ0) is 27.0. The fourth-order valence-corrected chi connectivity index (χ4v) is 5.57. The highest BCUT2D eigenvalue weighted by Crippen LogP contribution is 2.35. The Labute approximate surface area is 210 Å². The fourth-order valence-electron chi connectivity index (χ4n) is 3.98. The van der Waals surface area contributed by atoms with Crippen LogP contribution >= 0.6 is 11.6 Å². The Hall–Kier alpha value is -3.10. The third-order valence-electron chi connectivity index (χ3n) is 5.39. The molecule has 0 aliphatic carbocycles. The van der Waals surface area contributed by atoms with Gasteiger partial charge in [-0.1, -0.05) is 18.2 Å². The van der Waals surface area contributed by atoms with Crippen LogP contribution in [0, 0.1) is 0 Å². The monoisotopic (exact) mass is 546 g/mol. The predicted molar refractivity (Wildman–Crippen MR) is 124 cm³/mol. The summed E-state index contributed by atoms with van der Waals surface area (Å²) < 4.78 is 66.8. The third kappa shape index (κ3) is 5.82. The maximum absolute atomic E-state index is 13.4. The van der Waals surface area contributed by atoms with Crippen molar-refractivity contribution < 1.29 is 31.2 Å². The van der Waals surface area contributed by atoms with Gasteiger partial charge in [0.2, 0.25) is 21.8 Å². The number of carbonyl (C=O) groups excluding carboxylic acids is 2. The zero-order valence-corrected chi connectivity index (χ0v) is 20.9. The van der Waals surface area contributed by atoms with Crippen LogP contribution in [0.3, 0.4) is 0 Å². The normalized spacial score (nSPS) is 19.1. The van der Waals surface area contributed by atoms with E-state index in [1.165, 1.54) is 28.4 Å². The van der Waals surface area contributed by atoms with Gasteiger partial charge in [-0.05, 0) is 36.8 Å². The van der Waals surface area contributed by atoms with Gasteiger partial charge in [0.1, 0.15) is 10.8 Å². The lowest BCUT2D eigenvalue weighted by molar-refractivity contribution is -0.145. The molecule has 194 valence electrons. The van der Waals surface area contributed by atoms with E-state index in [-0.39, 0.29) is 35.2 Å². The van der Waals surface area contributed by atoms with E-state index < -0.39 is 51.6 Å². The van der Waals surface area contributed by atoms with Gasteiger partial charge in [0.25, 0.3) is 5.91 Å². The average Bonchev–Trinajstić information content (AvgIpc) is 2.80. The molecular formula is C21H22ClF3N6O4S. The van der Waals surface area contributed by atoms with Crippen molar-refractivity contribution in [3.8, 4) is 11.4 Å². The summed E-state index contributed by atoms with van der Waals surface area (Å²) in [6.45, 7) is 5.12. The standard InChI is InChI=1S/C21H22ClF3N6O4S/c1-5-18(32)30-9-11(2)31(36(4,34)35)16(10-30)12-6-13(27-17(22)7-12)14-8-15(19(33)26-3)29-20(28-14)21(23,24)25/h5-8,11,16H,1,9-10H2,2-4H3,(H,26,33)/t11-,16-/m0/s1. The van der Waals surface area contributed by atoms with Crippen LogP contribution in [0.25, 0.3) is 11.4 Å². The number of amides is 2. The fraction of sp³-hybridized carbons (Fsp3) is 0.381. The summed E-state index contributed by atoms with van der Waals surface area (Å²) in [4.78, 5) is 36.6. The second-order valence-corrected chi connectivity index (χ2v) is 10.3. The average molecular weight is 547 g/mol. The number of nitrogens with one attached hydrogen (secondary N) is 1. The number of piperazine rings is 1. The van der Waals surface area contributed by atoms with Crippen LogP contribution in [-0.2, 0) is 21.0 Å². The van der Waals surface area contributed by atoms with Crippen molar-refractivity contribution >= 4 is 33.4 Å². The number of rotatable bonds is 5. The first-order valence-electron chi connectivity index (χ1n) is 10.4. The summed E-state index contributed by atoms with van der Waals surface area (Å²) in [5.41, 5.74) is -0.792. The van der Waals surface area contributed by atoms with Gasteiger partial charge in [-0.3, -0.25) is 9.59 Å². The van der Waals surface area contributed by atoms with Crippen molar-refractivity contribution in [2.75, 3.05) is 26.4 Å². The van der Waals surface area contributed by atoms with E-state index in [0.717, 1.165) is 18.4 Å². The molecule has 2 aromatic rings. The van der Waals surface area contributed by atoms with Gasteiger partial charge in [0, 0.05) is 26.2 Å². The first-order chi connectivity index (χ1) is 16.6. The van der Waals surface area contributed by atoms with E-state index in [1.807, 2.05) is 0 Å². The van der Waals surface area contributed by atoms with Crippen LogP contribution in [0.1, 0.15) is 34.8 Å². The van der Waals surface area contributed by atoms with Gasteiger partial charge in [-0.25, -0.2) is 23.4 Å². The van der Waals surface area contributed by atoms with Crippen molar-refractivity contribution in [3.63, 3.8) is 0 Å². The molecule has 1 aliphatic rings. The van der Waals surface area contributed by atoms with Crippen molar-refractivity contribution in [2.24, 2.45) is 0 Å². The molecule has 1 fully saturated rings. The summed E-state index contributed by atoms with van der Waals surface area (Å²) in [5, 5.41) is 2.04. The van der Waals surface area contributed by atoms with Crippen molar-refractivity contribution in [3.05, 3.63) is 53.1 Å². The molecular weight excluding hydrogens is 525 g/mol. The third-order valence-corrected chi connectivity index (χ3v) is 6.97. The lowest BCUT2D eigenvalue weighted by Gasteiger charge is -2.44. The summed E-state index contributed by atoms with van der Waals surface area (Å²) in [6, 6.07) is 2.12. The number of sulfonamides is 1. The molecule has 3 heterocycles. The van der Waals surface area contributed by atoms with Gasteiger partial charge >= 0.3 is 6.18 Å². The van der Waals surface area contributed by atoms with E-state index in [4.69, 9.17) is 11.6 Å². The summed E-state index contributed by atoms with van der Waals surface area (Å²) in [7, 11) is -2.56. The molecule has 1 N–H and O–H groups in total. The molecule has 10 nitrogen and oxygen atoms in total. The minimum atomic E-state index is -4.96. The molecule has 2 aromatic heterocycles. The van der Waals surface area contributed by atoms with E-state index in [2.05, 4.69) is 26.8 Å². The van der Waals surface area contributed by atoms with Gasteiger partial charge in [-0.15, -0.1) is 0 Å². The minimum absolute atomic E-state index is 0.0664. The molecule has 15 heteroatoms. The molecule has 2 atom stereocenters. The highest BCUT2D eigenvalue weighted by atomic mass is 35.5. The minimum Gasteiger partial charge on any atom is -0.354 e. The van der Waals surface area contributed by atoms with Crippen LogP contribution < -0.4 is 5.32 Å². The number of aromatic nitrogens is 3. The van der Waals surface area contributed by atoms with E-state index >= 15 is 0 Å². The molecule has 0 saturated carbocycles. The number of halogens is 4. The number of nitrogens with zero attached hydrogens (tertiary/aromatic N) is 5. The largest absolute Gasteiger partial charge is 0.451 e. The van der Waals surface area contributed by atoms with Crippen LogP contribution in [0.15, 0.2) is 30.9 Å². The van der Waals surface area contributed by atoms with Crippen molar-refractivity contribution in [1.82, 2.24) is 29.5 Å². The molecule has 3 rings (SSSR count). The molecule has 0 bridgehead atoms. The van der Waals surface area contributed by atoms with Gasteiger partial charge in [0.15, 0.2) is 0 Å². The molecule has 0 radical (unpaired) electrons. The van der Waals surface area contributed by atoms with E-state index in [9.17, 15) is 31.2 Å². The van der Waals surface area contributed by atoms with Gasteiger partial charge in [-0.2, -0.15) is 17.5 Å². The number of pyridine rings is 1. The molecule has 0 aromatic carbocycles. The van der Waals surface area contributed by atoms with Crippen LogP contribution in [0.2, 0.25) is 5.15 Å². The molecule has 1 aliphatic heterocycles. The summed E-state index contributed by atoms with van der Waals surface area (Å²) >= 11 is 6.18. The SMILES string of the molecule is C=CC(=O)N1C[C@H](C)N(S(C)(=O)=O)[C@H](c2cc(Cl)nc(-c3cc(C(=O)NC)nc(C(F)(F)F)n3)c2)C1. The first kappa shape index (κ1) is 27.5. The number of hydrogen-bond donors (Lipinski definition) is 1. The second kappa shape index (κ2) is 10.1. The molecule has 2 amide bonds. The lowest BCUT2D eigenvalue weighted by Crippen LogP contribution is -2.56. The highest BCUT2D eigenvalue weighted by Gasteiger charge is 2.40. The number of alkyl halides is 3. The zero-order valence-electron chi connectivity index (χ0n) is 19.4. The van der Waals surface area contributed by atoms with Crippen LogP contribution in [0.4, 0.5) is 13.2 Å².